The Kier molecular flexibility index (Phi) is 5.55. The number of pyridine rings is 1. The number of anilines is 1. The summed E-state index contributed by atoms with van der Waals surface area (Å²) in [5.74, 6) is -2.60. The number of benzene rings is 3. The van der Waals surface area contributed by atoms with Crippen LogP contribution in [0.4, 0.5) is 10.1 Å². The molecule has 0 fully saturated rings. The Hall–Kier alpha value is -4.26. The molecule has 0 saturated heterocycles. The Balaban J connectivity index is 1.90. The molecular formula is C25H19FN2O4. The fourth-order valence-electron chi connectivity index (χ4n) is 3.60. The zero-order valence-electron chi connectivity index (χ0n) is 17.2. The molecule has 1 N–H and O–H groups in total. The minimum absolute atomic E-state index is 0.0179. The van der Waals surface area contributed by atoms with Gasteiger partial charge in [-0.3, -0.25) is 9.59 Å². The van der Waals surface area contributed by atoms with Gasteiger partial charge < -0.3 is 14.6 Å². The van der Waals surface area contributed by atoms with Crippen molar-refractivity contribution in [3.05, 3.63) is 112 Å². The highest BCUT2D eigenvalue weighted by molar-refractivity contribution is 6.06. The Morgan fingerprint density at radius 1 is 1.00 bits per heavy atom. The summed E-state index contributed by atoms with van der Waals surface area (Å²) in [4.78, 5) is 38.3. The number of hydrogen-bond donors (Lipinski definition) is 1. The zero-order valence-corrected chi connectivity index (χ0v) is 17.2. The number of nitrogens with zero attached hydrogens (tertiary/aromatic N) is 2. The van der Waals surface area contributed by atoms with Crippen LogP contribution in [0.3, 0.4) is 0 Å². The van der Waals surface area contributed by atoms with E-state index in [1.807, 2.05) is 30.3 Å². The molecular weight excluding hydrogens is 411 g/mol. The summed E-state index contributed by atoms with van der Waals surface area (Å²) >= 11 is 0. The number of aromatic nitrogens is 1. The van der Waals surface area contributed by atoms with Crippen molar-refractivity contribution in [3.8, 4) is 0 Å². The molecule has 32 heavy (non-hydrogen) atoms. The number of carbonyl (C=O) groups excluding carboxylic acids is 1. The highest BCUT2D eigenvalue weighted by Crippen LogP contribution is 2.26. The fraction of sp³-hybridized carbons (Fsp3) is 0.0800. The number of carboxylic acids is 1. The van der Waals surface area contributed by atoms with Gasteiger partial charge in [-0.05, 0) is 29.8 Å². The summed E-state index contributed by atoms with van der Waals surface area (Å²) in [5.41, 5.74) is 0.336. The summed E-state index contributed by atoms with van der Waals surface area (Å²) in [6, 6.07) is 20.1. The van der Waals surface area contributed by atoms with Crippen molar-refractivity contribution in [3.63, 3.8) is 0 Å². The molecule has 0 aliphatic rings. The number of carbonyl (C=O) groups is 2. The highest BCUT2D eigenvalue weighted by atomic mass is 19.1. The summed E-state index contributed by atoms with van der Waals surface area (Å²) in [6.45, 7) is 0.263. The molecule has 1 amide bonds. The molecule has 7 heteroatoms. The molecule has 0 unspecified atom stereocenters. The van der Waals surface area contributed by atoms with Crippen LogP contribution in [-0.2, 0) is 6.54 Å². The van der Waals surface area contributed by atoms with Crippen LogP contribution in [0.1, 0.15) is 26.3 Å². The van der Waals surface area contributed by atoms with Crippen molar-refractivity contribution in [1.82, 2.24) is 4.57 Å². The van der Waals surface area contributed by atoms with E-state index in [4.69, 9.17) is 0 Å². The third kappa shape index (κ3) is 3.88. The van der Waals surface area contributed by atoms with E-state index in [0.717, 1.165) is 11.6 Å². The second-order valence-electron chi connectivity index (χ2n) is 7.34. The minimum atomic E-state index is -1.39. The highest BCUT2D eigenvalue weighted by Gasteiger charge is 2.21. The maximum absolute atomic E-state index is 15.0. The predicted molar refractivity (Wildman–Crippen MR) is 120 cm³/mol. The van der Waals surface area contributed by atoms with Gasteiger partial charge in [0.1, 0.15) is 11.4 Å². The molecule has 160 valence electrons. The van der Waals surface area contributed by atoms with Gasteiger partial charge in [0.25, 0.3) is 5.91 Å². The molecule has 0 aliphatic carbocycles. The van der Waals surface area contributed by atoms with Crippen molar-refractivity contribution in [2.24, 2.45) is 0 Å². The first-order valence-electron chi connectivity index (χ1n) is 9.84. The summed E-state index contributed by atoms with van der Waals surface area (Å²) in [6.07, 6.45) is 1.25. The lowest BCUT2D eigenvalue weighted by Crippen LogP contribution is -2.27. The number of halogens is 1. The molecule has 0 bridgehead atoms. The maximum Gasteiger partial charge on any atom is 0.341 e. The molecule has 3 aromatic carbocycles. The normalized spacial score (nSPS) is 10.8. The lowest BCUT2D eigenvalue weighted by molar-refractivity contribution is 0.0694. The van der Waals surface area contributed by atoms with Crippen LogP contribution in [-0.4, -0.2) is 28.6 Å². The molecule has 0 spiro atoms. The van der Waals surface area contributed by atoms with E-state index >= 15 is 4.39 Å². The van der Waals surface area contributed by atoms with Crippen molar-refractivity contribution in [2.75, 3.05) is 11.9 Å². The van der Waals surface area contributed by atoms with Gasteiger partial charge in [0, 0.05) is 30.7 Å². The van der Waals surface area contributed by atoms with Crippen molar-refractivity contribution >= 4 is 28.5 Å². The van der Waals surface area contributed by atoms with E-state index in [0.29, 0.717) is 11.1 Å². The third-order valence-electron chi connectivity index (χ3n) is 5.26. The van der Waals surface area contributed by atoms with Gasteiger partial charge in [-0.2, -0.15) is 0 Å². The van der Waals surface area contributed by atoms with Crippen molar-refractivity contribution < 1.29 is 19.1 Å². The first-order chi connectivity index (χ1) is 15.4. The number of rotatable bonds is 5. The van der Waals surface area contributed by atoms with Gasteiger partial charge in [-0.25, -0.2) is 9.18 Å². The van der Waals surface area contributed by atoms with Crippen LogP contribution in [0.15, 0.2) is 83.8 Å². The molecule has 4 aromatic rings. The summed E-state index contributed by atoms with van der Waals surface area (Å²) in [5, 5.41) is 9.40. The average Bonchev–Trinajstić information content (AvgIpc) is 2.80. The number of hydrogen-bond acceptors (Lipinski definition) is 3. The molecule has 0 radical (unpaired) electrons. The zero-order chi connectivity index (χ0) is 22.8. The smallest absolute Gasteiger partial charge is 0.341 e. The van der Waals surface area contributed by atoms with Crippen LogP contribution in [0, 0.1) is 5.82 Å². The van der Waals surface area contributed by atoms with Gasteiger partial charge in [0.2, 0.25) is 5.43 Å². The summed E-state index contributed by atoms with van der Waals surface area (Å²) in [7, 11) is 1.45. The molecule has 6 nitrogen and oxygen atoms in total. The van der Waals surface area contributed by atoms with Crippen LogP contribution >= 0.6 is 0 Å². The third-order valence-corrected chi connectivity index (χ3v) is 5.26. The molecule has 1 aromatic heterocycles. The first kappa shape index (κ1) is 21.0. The number of fused-ring (bicyclic) bond motifs is 1. The topological polar surface area (TPSA) is 79.6 Å². The first-order valence-corrected chi connectivity index (χ1v) is 9.84. The monoisotopic (exact) mass is 430 g/mol. The maximum atomic E-state index is 15.0. The van der Waals surface area contributed by atoms with Crippen LogP contribution < -0.4 is 10.3 Å². The van der Waals surface area contributed by atoms with Crippen molar-refractivity contribution in [2.45, 2.75) is 6.54 Å². The molecule has 0 saturated carbocycles. The van der Waals surface area contributed by atoms with Gasteiger partial charge >= 0.3 is 5.97 Å². The van der Waals surface area contributed by atoms with Gasteiger partial charge in [-0.1, -0.05) is 48.5 Å². The van der Waals surface area contributed by atoms with Gasteiger partial charge in [0.15, 0.2) is 0 Å². The van der Waals surface area contributed by atoms with Gasteiger partial charge in [0.05, 0.1) is 11.2 Å². The minimum Gasteiger partial charge on any atom is -0.477 e. The SMILES string of the molecule is CN(C(=O)c1ccccc1)c1cc2c(cc1F)c(=O)c(C(=O)O)cn2Cc1ccccc1. The lowest BCUT2D eigenvalue weighted by atomic mass is 10.1. The van der Waals surface area contributed by atoms with E-state index in [2.05, 4.69) is 0 Å². The van der Waals surface area contributed by atoms with Crippen LogP contribution in [0.2, 0.25) is 0 Å². The van der Waals surface area contributed by atoms with E-state index in [1.54, 1.807) is 34.9 Å². The number of carboxylic acid groups (broad SMARTS) is 1. The molecule has 0 aliphatic heterocycles. The molecule has 1 heterocycles. The predicted octanol–water partition coefficient (Wildman–Crippen LogP) is 4.16. The molecule has 4 rings (SSSR count). The van der Waals surface area contributed by atoms with E-state index in [1.165, 1.54) is 24.2 Å². The summed E-state index contributed by atoms with van der Waals surface area (Å²) < 4.78 is 16.6. The van der Waals surface area contributed by atoms with E-state index in [9.17, 15) is 19.5 Å². The largest absolute Gasteiger partial charge is 0.477 e. The Bertz CT molecular complexity index is 1380. The number of amides is 1. The lowest BCUT2D eigenvalue weighted by Gasteiger charge is -2.20. The standard InChI is InChI=1S/C25H19FN2O4/c1-27(24(30)17-10-6-3-7-11-17)22-13-21-18(12-20(22)26)23(29)19(25(31)32)15-28(21)14-16-8-4-2-5-9-16/h2-13,15H,14H2,1H3,(H,31,32). The molecule has 0 atom stereocenters. The Morgan fingerprint density at radius 3 is 2.25 bits per heavy atom. The van der Waals surface area contributed by atoms with E-state index < -0.39 is 28.7 Å². The average molecular weight is 430 g/mol. The number of aromatic carboxylic acids is 1. The quantitative estimate of drug-likeness (QED) is 0.516. The Morgan fingerprint density at radius 2 is 1.62 bits per heavy atom. The van der Waals surface area contributed by atoms with Crippen LogP contribution in [0.5, 0.6) is 0 Å². The second-order valence-corrected chi connectivity index (χ2v) is 7.34. The van der Waals surface area contributed by atoms with Gasteiger partial charge in [-0.15, -0.1) is 0 Å². The Labute approximate surface area is 182 Å². The van der Waals surface area contributed by atoms with E-state index in [-0.39, 0.29) is 17.6 Å². The second kappa shape index (κ2) is 8.47. The van der Waals surface area contributed by atoms with Crippen LogP contribution in [0.25, 0.3) is 10.9 Å². The fourth-order valence-corrected chi connectivity index (χ4v) is 3.60. The van der Waals surface area contributed by atoms with Crippen molar-refractivity contribution in [1.29, 1.82) is 0 Å².